The van der Waals surface area contributed by atoms with Gasteiger partial charge in [0.05, 0.1) is 24.5 Å². The molecule has 1 spiro atoms. The van der Waals surface area contributed by atoms with Crippen LogP contribution in [0.1, 0.15) is 39.0 Å². The Bertz CT molecular complexity index is 931. The first kappa shape index (κ1) is 25.4. The van der Waals surface area contributed by atoms with Crippen molar-refractivity contribution in [2.75, 3.05) is 25.1 Å². The third kappa shape index (κ3) is 4.47. The van der Waals surface area contributed by atoms with Gasteiger partial charge in [-0.2, -0.15) is 0 Å². The lowest BCUT2D eigenvalue weighted by Gasteiger charge is -2.34. The van der Waals surface area contributed by atoms with Crippen LogP contribution < -0.4 is 5.32 Å². The molecule has 1 unspecified atom stereocenters. The second-order valence-corrected chi connectivity index (χ2v) is 10.7. The van der Waals surface area contributed by atoms with Crippen LogP contribution in [0.4, 0.5) is 5.69 Å². The van der Waals surface area contributed by atoms with Crippen LogP contribution in [0.2, 0.25) is 5.02 Å². The fourth-order valence-electron chi connectivity index (χ4n) is 5.67. The molecule has 2 N–H and O–H groups in total. The number of esters is 1. The number of nitrogens with one attached hydrogen (secondary N) is 1. The quantitative estimate of drug-likeness (QED) is 0.260. The number of hydrogen-bond acceptors (Lipinski definition) is 6. The SMILES string of the molecule is CCOC(=O)[C@@H]1[C@H]2O[C@@]3(CC2Br)[C@H](C(=O)Nc2ccc(Cl)cc2)N(CCCCCCO)C(=O)[C@@H]13. The van der Waals surface area contributed by atoms with Crippen LogP contribution in [0, 0.1) is 11.8 Å². The highest BCUT2D eigenvalue weighted by Crippen LogP contribution is 2.60. The fraction of sp³-hybridized carbons (Fsp3) is 0.625. The number of aliphatic hydroxyl groups is 1. The van der Waals surface area contributed by atoms with E-state index in [2.05, 4.69) is 21.2 Å². The number of ether oxygens (including phenoxy) is 2. The third-order valence-electron chi connectivity index (χ3n) is 7.02. The number of fused-ring (bicyclic) bond motifs is 1. The van der Waals surface area contributed by atoms with E-state index in [1.807, 2.05) is 0 Å². The van der Waals surface area contributed by atoms with Crippen LogP contribution in [0.5, 0.6) is 0 Å². The van der Waals surface area contributed by atoms with Crippen molar-refractivity contribution in [3.63, 3.8) is 0 Å². The van der Waals surface area contributed by atoms with Gasteiger partial charge in [0.1, 0.15) is 11.6 Å². The molecule has 2 bridgehead atoms. The van der Waals surface area contributed by atoms with E-state index in [9.17, 15) is 14.4 Å². The van der Waals surface area contributed by atoms with Gasteiger partial charge in [-0.05, 0) is 50.5 Å². The molecule has 3 saturated heterocycles. The molecule has 3 aliphatic rings. The number of amides is 2. The van der Waals surface area contributed by atoms with Crippen molar-refractivity contribution in [2.45, 2.75) is 61.6 Å². The van der Waals surface area contributed by atoms with E-state index in [1.54, 1.807) is 36.1 Å². The average molecular weight is 558 g/mol. The smallest absolute Gasteiger partial charge is 0.312 e. The molecule has 1 aromatic rings. The molecule has 0 radical (unpaired) electrons. The van der Waals surface area contributed by atoms with E-state index >= 15 is 0 Å². The maximum atomic E-state index is 13.7. The van der Waals surface area contributed by atoms with Gasteiger partial charge in [0.15, 0.2) is 0 Å². The van der Waals surface area contributed by atoms with Crippen LogP contribution in [0.3, 0.4) is 0 Å². The van der Waals surface area contributed by atoms with Gasteiger partial charge < -0.3 is 24.8 Å². The lowest BCUT2D eigenvalue weighted by Crippen LogP contribution is -2.54. The summed E-state index contributed by atoms with van der Waals surface area (Å²) < 4.78 is 11.7. The van der Waals surface area contributed by atoms with Crippen LogP contribution in [-0.2, 0) is 23.9 Å². The molecule has 0 aliphatic carbocycles. The molecule has 0 aromatic heterocycles. The number of benzene rings is 1. The minimum atomic E-state index is -1.10. The van der Waals surface area contributed by atoms with Gasteiger partial charge >= 0.3 is 5.97 Å². The molecule has 0 saturated carbocycles. The van der Waals surface area contributed by atoms with Gasteiger partial charge in [-0.25, -0.2) is 0 Å². The average Bonchev–Trinajstić information content (AvgIpc) is 3.39. The number of aliphatic hydroxyl groups excluding tert-OH is 1. The Morgan fingerprint density at radius 1 is 1.26 bits per heavy atom. The first-order valence-corrected chi connectivity index (χ1v) is 13.1. The number of carbonyl (C=O) groups excluding carboxylic acids is 3. The zero-order chi connectivity index (χ0) is 24.5. The lowest BCUT2D eigenvalue weighted by molar-refractivity contribution is -0.154. The van der Waals surface area contributed by atoms with Crippen molar-refractivity contribution in [1.82, 2.24) is 4.90 Å². The highest BCUT2D eigenvalue weighted by atomic mass is 79.9. The molecular weight excluding hydrogens is 528 g/mol. The molecule has 6 atom stereocenters. The van der Waals surface area contributed by atoms with Crippen LogP contribution in [-0.4, -0.2) is 70.1 Å². The molecule has 3 aliphatic heterocycles. The number of nitrogens with zero attached hydrogens (tertiary/aromatic N) is 1. The Kier molecular flexibility index (Phi) is 7.86. The fourth-order valence-corrected chi connectivity index (χ4v) is 6.74. The summed E-state index contributed by atoms with van der Waals surface area (Å²) in [6.45, 7) is 2.43. The molecular formula is C24H30BrClN2O6. The van der Waals surface area contributed by atoms with E-state index in [4.69, 9.17) is 26.2 Å². The molecule has 3 fully saturated rings. The molecule has 34 heavy (non-hydrogen) atoms. The second-order valence-electron chi connectivity index (χ2n) is 9.08. The Morgan fingerprint density at radius 2 is 1.97 bits per heavy atom. The Labute approximate surface area is 212 Å². The van der Waals surface area contributed by atoms with Crippen LogP contribution in [0.15, 0.2) is 24.3 Å². The first-order chi connectivity index (χ1) is 16.3. The van der Waals surface area contributed by atoms with Gasteiger partial charge in [-0.15, -0.1) is 0 Å². The summed E-state index contributed by atoms with van der Waals surface area (Å²) in [4.78, 5) is 41.7. The van der Waals surface area contributed by atoms with Crippen LogP contribution >= 0.6 is 27.5 Å². The van der Waals surface area contributed by atoms with Crippen molar-refractivity contribution in [3.05, 3.63) is 29.3 Å². The standard InChI is InChI=1S/C24H30BrClN2O6/c1-2-33-23(32)17-18-22(31)28(11-5-3-4-6-12-29)20(24(18)13-16(25)19(17)34-24)21(30)27-15-9-7-14(26)8-10-15/h7-10,16-20,29H,2-6,11-13H2,1H3,(H,27,30)/t16?,17-,18+,19-,20-,24+/m0/s1. The molecule has 2 amide bonds. The van der Waals surface area contributed by atoms with Gasteiger partial charge in [-0.1, -0.05) is 40.4 Å². The monoisotopic (exact) mass is 556 g/mol. The van der Waals surface area contributed by atoms with Gasteiger partial charge in [-0.3, -0.25) is 14.4 Å². The number of hydrogen-bond donors (Lipinski definition) is 2. The number of alkyl halides is 1. The number of anilines is 1. The minimum Gasteiger partial charge on any atom is -0.466 e. The zero-order valence-corrected chi connectivity index (χ0v) is 21.4. The van der Waals surface area contributed by atoms with Crippen LogP contribution in [0.25, 0.3) is 0 Å². The predicted molar refractivity (Wildman–Crippen MR) is 130 cm³/mol. The largest absolute Gasteiger partial charge is 0.466 e. The first-order valence-electron chi connectivity index (χ1n) is 11.8. The molecule has 10 heteroatoms. The molecule has 186 valence electrons. The number of carbonyl (C=O) groups is 3. The molecule has 4 rings (SSSR count). The molecule has 8 nitrogen and oxygen atoms in total. The summed E-state index contributed by atoms with van der Waals surface area (Å²) in [5, 5.41) is 12.5. The van der Waals surface area contributed by atoms with Crippen molar-refractivity contribution >= 4 is 51.0 Å². The summed E-state index contributed by atoms with van der Waals surface area (Å²) in [6.07, 6.45) is 2.96. The highest BCUT2D eigenvalue weighted by Gasteiger charge is 2.76. The zero-order valence-electron chi connectivity index (χ0n) is 19.0. The summed E-state index contributed by atoms with van der Waals surface area (Å²) >= 11 is 9.60. The van der Waals surface area contributed by atoms with Crippen molar-refractivity contribution in [3.8, 4) is 0 Å². The van der Waals surface area contributed by atoms with Crippen molar-refractivity contribution < 1.29 is 29.0 Å². The number of unbranched alkanes of at least 4 members (excludes halogenated alkanes) is 3. The molecule has 1 aromatic carbocycles. The Morgan fingerprint density at radius 3 is 2.65 bits per heavy atom. The Balaban J connectivity index is 1.63. The lowest BCUT2D eigenvalue weighted by atomic mass is 9.70. The topological polar surface area (TPSA) is 105 Å². The van der Waals surface area contributed by atoms with E-state index in [-0.39, 0.29) is 29.9 Å². The van der Waals surface area contributed by atoms with E-state index in [0.717, 1.165) is 12.8 Å². The van der Waals surface area contributed by atoms with Crippen molar-refractivity contribution in [2.24, 2.45) is 11.8 Å². The van der Waals surface area contributed by atoms with Gasteiger partial charge in [0.2, 0.25) is 11.8 Å². The van der Waals surface area contributed by atoms with E-state index in [1.165, 1.54) is 0 Å². The molecule has 3 heterocycles. The number of halogens is 2. The summed E-state index contributed by atoms with van der Waals surface area (Å²) in [7, 11) is 0. The number of likely N-dealkylation sites (tertiary alicyclic amines) is 1. The second kappa shape index (κ2) is 10.5. The third-order valence-corrected chi connectivity index (χ3v) is 8.11. The maximum Gasteiger partial charge on any atom is 0.312 e. The highest BCUT2D eigenvalue weighted by molar-refractivity contribution is 9.09. The summed E-state index contributed by atoms with van der Waals surface area (Å²) in [5.74, 6) is -2.56. The summed E-state index contributed by atoms with van der Waals surface area (Å²) in [5.41, 5.74) is -0.538. The van der Waals surface area contributed by atoms with Gasteiger partial charge in [0.25, 0.3) is 0 Å². The van der Waals surface area contributed by atoms with E-state index in [0.29, 0.717) is 36.5 Å². The Hall–Kier alpha value is -1.68. The van der Waals surface area contributed by atoms with E-state index < -0.39 is 35.6 Å². The predicted octanol–water partition coefficient (Wildman–Crippen LogP) is 3.14. The number of rotatable bonds is 10. The van der Waals surface area contributed by atoms with Crippen molar-refractivity contribution in [1.29, 1.82) is 0 Å². The van der Waals surface area contributed by atoms with Gasteiger partial charge in [0, 0.05) is 28.7 Å². The summed E-state index contributed by atoms with van der Waals surface area (Å²) in [6, 6.07) is 5.89. The normalized spacial score (nSPS) is 31.6. The minimum absolute atomic E-state index is 0.128. The maximum absolute atomic E-state index is 13.7.